The molecule has 21 heavy (non-hydrogen) atoms. The number of amides is 1. The third-order valence-corrected chi connectivity index (χ3v) is 4.79. The van der Waals surface area contributed by atoms with Crippen LogP contribution in [-0.2, 0) is 10.0 Å². The summed E-state index contributed by atoms with van der Waals surface area (Å²) in [6.07, 6.45) is 1.77. The summed E-state index contributed by atoms with van der Waals surface area (Å²) in [5, 5.41) is 0. The van der Waals surface area contributed by atoms with E-state index in [2.05, 4.69) is 4.72 Å². The maximum absolute atomic E-state index is 12.3. The molecule has 5 nitrogen and oxygen atoms in total. The van der Waals surface area contributed by atoms with Gasteiger partial charge in [-0.05, 0) is 37.0 Å². The van der Waals surface area contributed by atoms with Crippen LogP contribution in [0.3, 0.4) is 0 Å². The Morgan fingerprint density at radius 2 is 2.05 bits per heavy atom. The van der Waals surface area contributed by atoms with Gasteiger partial charge in [0.15, 0.2) is 0 Å². The number of nitrogens with one attached hydrogen (secondary N) is 1. The zero-order valence-corrected chi connectivity index (χ0v) is 13.5. The van der Waals surface area contributed by atoms with Gasteiger partial charge in [0.25, 0.3) is 5.91 Å². The van der Waals surface area contributed by atoms with Gasteiger partial charge in [-0.15, -0.1) is 0 Å². The quantitative estimate of drug-likeness (QED) is 0.872. The lowest BCUT2D eigenvalue weighted by molar-refractivity contribution is 0.0779. The van der Waals surface area contributed by atoms with Crippen molar-refractivity contribution in [3.8, 4) is 0 Å². The molecule has 2 rings (SSSR count). The summed E-state index contributed by atoms with van der Waals surface area (Å²) in [6.45, 7) is 4.70. The van der Waals surface area contributed by atoms with E-state index < -0.39 is 10.0 Å². The van der Waals surface area contributed by atoms with Gasteiger partial charge >= 0.3 is 0 Å². The van der Waals surface area contributed by atoms with Crippen LogP contribution in [0.25, 0.3) is 0 Å². The third-order valence-electron chi connectivity index (χ3n) is 3.28. The second-order valence-corrected chi connectivity index (χ2v) is 7.72. The highest BCUT2D eigenvalue weighted by atomic mass is 32.2. The number of carbonyl (C=O) groups is 1. The molecule has 1 aromatic carbocycles. The van der Waals surface area contributed by atoms with Crippen LogP contribution in [0, 0.1) is 5.92 Å². The maximum Gasteiger partial charge on any atom is 0.253 e. The van der Waals surface area contributed by atoms with E-state index in [4.69, 9.17) is 0 Å². The van der Waals surface area contributed by atoms with E-state index in [1.165, 1.54) is 12.1 Å². The van der Waals surface area contributed by atoms with Crippen molar-refractivity contribution in [3.63, 3.8) is 0 Å². The van der Waals surface area contributed by atoms with Gasteiger partial charge in [-0.1, -0.05) is 19.9 Å². The van der Waals surface area contributed by atoms with Gasteiger partial charge in [0.05, 0.1) is 4.90 Å². The normalized spacial score (nSPS) is 15.2. The molecule has 1 aliphatic rings. The summed E-state index contributed by atoms with van der Waals surface area (Å²) in [5.41, 5.74) is 0.400. The Morgan fingerprint density at radius 3 is 2.62 bits per heavy atom. The van der Waals surface area contributed by atoms with E-state index in [1.807, 2.05) is 13.8 Å². The molecule has 6 heteroatoms. The summed E-state index contributed by atoms with van der Waals surface area (Å²) in [7, 11) is -1.79. The standard InChI is InChI=1S/C15H22N2O3S/c1-11(2)10-17(3)15(18)12-5-4-6-14(9-12)21(19,20)16-13-7-8-13/h4-6,9,11,13,16H,7-8,10H2,1-3H3. The van der Waals surface area contributed by atoms with Gasteiger partial charge in [-0.25, -0.2) is 13.1 Å². The number of sulfonamides is 1. The minimum absolute atomic E-state index is 0.0537. The average Bonchev–Trinajstić information content (AvgIpc) is 3.20. The van der Waals surface area contributed by atoms with Gasteiger partial charge in [0.1, 0.15) is 0 Å². The van der Waals surface area contributed by atoms with Crippen molar-refractivity contribution in [1.29, 1.82) is 0 Å². The fraction of sp³-hybridized carbons (Fsp3) is 0.533. The molecule has 0 atom stereocenters. The van der Waals surface area contributed by atoms with Crippen molar-refractivity contribution in [1.82, 2.24) is 9.62 Å². The van der Waals surface area contributed by atoms with Gasteiger partial charge in [-0.2, -0.15) is 0 Å². The first-order chi connectivity index (χ1) is 9.79. The van der Waals surface area contributed by atoms with E-state index >= 15 is 0 Å². The van der Waals surface area contributed by atoms with E-state index in [0.29, 0.717) is 18.0 Å². The van der Waals surface area contributed by atoms with E-state index in [9.17, 15) is 13.2 Å². The first kappa shape index (κ1) is 16.0. The maximum atomic E-state index is 12.3. The molecule has 1 aromatic rings. The molecule has 0 spiro atoms. The summed E-state index contributed by atoms with van der Waals surface area (Å²) in [5.74, 6) is 0.203. The molecule has 0 bridgehead atoms. The van der Waals surface area contributed by atoms with Crippen LogP contribution < -0.4 is 4.72 Å². The SMILES string of the molecule is CC(C)CN(C)C(=O)c1cccc(S(=O)(=O)NC2CC2)c1. The number of carbonyl (C=O) groups excluding carboxylic acids is 1. The Bertz CT molecular complexity index is 622. The van der Waals surface area contributed by atoms with Crippen molar-refractivity contribution >= 4 is 15.9 Å². The second-order valence-electron chi connectivity index (χ2n) is 6.00. The molecule has 0 aromatic heterocycles. The first-order valence-corrected chi connectivity index (χ1v) is 8.66. The highest BCUT2D eigenvalue weighted by Crippen LogP contribution is 2.22. The van der Waals surface area contributed by atoms with Crippen LogP contribution >= 0.6 is 0 Å². The lowest BCUT2D eigenvalue weighted by Gasteiger charge is -2.19. The molecule has 1 N–H and O–H groups in total. The second kappa shape index (κ2) is 6.15. The number of rotatable bonds is 6. The van der Waals surface area contributed by atoms with Gasteiger partial charge in [-0.3, -0.25) is 4.79 Å². The Hall–Kier alpha value is -1.40. The molecule has 1 fully saturated rings. The predicted octanol–water partition coefficient (Wildman–Crippen LogP) is 1.86. The highest BCUT2D eigenvalue weighted by molar-refractivity contribution is 7.89. The number of nitrogens with zero attached hydrogens (tertiary/aromatic N) is 1. The van der Waals surface area contributed by atoms with Gasteiger partial charge in [0, 0.05) is 25.2 Å². The molecule has 0 unspecified atom stereocenters. The van der Waals surface area contributed by atoms with Crippen molar-refractivity contribution in [2.45, 2.75) is 37.6 Å². The minimum atomic E-state index is -3.52. The van der Waals surface area contributed by atoms with Crippen LogP contribution in [0.15, 0.2) is 29.2 Å². The van der Waals surface area contributed by atoms with Gasteiger partial charge in [0.2, 0.25) is 10.0 Å². The van der Waals surface area contributed by atoms with Crippen LogP contribution in [0.2, 0.25) is 0 Å². The molecular formula is C15H22N2O3S. The largest absolute Gasteiger partial charge is 0.341 e. The zero-order chi connectivity index (χ0) is 15.6. The van der Waals surface area contributed by atoms with Crippen molar-refractivity contribution < 1.29 is 13.2 Å². The fourth-order valence-electron chi connectivity index (χ4n) is 2.14. The van der Waals surface area contributed by atoms with Crippen LogP contribution in [0.5, 0.6) is 0 Å². The van der Waals surface area contributed by atoms with Crippen LogP contribution in [0.4, 0.5) is 0 Å². The molecular weight excluding hydrogens is 288 g/mol. The smallest absolute Gasteiger partial charge is 0.253 e. The first-order valence-electron chi connectivity index (χ1n) is 7.17. The lowest BCUT2D eigenvalue weighted by atomic mass is 10.1. The van der Waals surface area contributed by atoms with Crippen LogP contribution in [0.1, 0.15) is 37.0 Å². The summed E-state index contributed by atoms with van der Waals surface area (Å²) in [6, 6.07) is 6.28. The van der Waals surface area contributed by atoms with E-state index in [1.54, 1.807) is 24.1 Å². The van der Waals surface area contributed by atoms with Crippen molar-refractivity contribution in [2.24, 2.45) is 5.92 Å². The molecule has 1 amide bonds. The molecule has 0 aliphatic heterocycles. The Labute approximate surface area is 126 Å². The number of hydrogen-bond acceptors (Lipinski definition) is 3. The molecule has 1 aliphatic carbocycles. The summed E-state index contributed by atoms with van der Waals surface area (Å²) >= 11 is 0. The topological polar surface area (TPSA) is 66.5 Å². The zero-order valence-electron chi connectivity index (χ0n) is 12.7. The Morgan fingerprint density at radius 1 is 1.38 bits per heavy atom. The minimum Gasteiger partial charge on any atom is -0.341 e. The highest BCUT2D eigenvalue weighted by Gasteiger charge is 2.28. The summed E-state index contributed by atoms with van der Waals surface area (Å²) in [4.78, 5) is 14.1. The summed E-state index contributed by atoms with van der Waals surface area (Å²) < 4.78 is 27.0. The predicted molar refractivity (Wildman–Crippen MR) is 81.6 cm³/mol. The average molecular weight is 310 g/mol. The molecule has 1 saturated carbocycles. The van der Waals surface area contributed by atoms with Crippen molar-refractivity contribution in [2.75, 3.05) is 13.6 Å². The molecule has 0 saturated heterocycles. The monoisotopic (exact) mass is 310 g/mol. The van der Waals surface area contributed by atoms with E-state index in [0.717, 1.165) is 12.8 Å². The third kappa shape index (κ3) is 4.28. The lowest BCUT2D eigenvalue weighted by Crippen LogP contribution is -2.30. The Balaban J connectivity index is 2.18. The number of benzene rings is 1. The van der Waals surface area contributed by atoms with E-state index in [-0.39, 0.29) is 16.8 Å². The molecule has 116 valence electrons. The fourth-order valence-corrected chi connectivity index (χ4v) is 3.49. The number of hydrogen-bond donors (Lipinski definition) is 1. The Kier molecular flexibility index (Phi) is 4.68. The van der Waals surface area contributed by atoms with Crippen molar-refractivity contribution in [3.05, 3.63) is 29.8 Å². The molecule has 0 radical (unpaired) electrons. The van der Waals surface area contributed by atoms with Gasteiger partial charge < -0.3 is 4.90 Å². The molecule has 0 heterocycles. The van der Waals surface area contributed by atoms with Crippen LogP contribution in [-0.4, -0.2) is 38.9 Å².